The number of carbonyl (C=O) groups excluding carboxylic acids is 1. The van der Waals surface area contributed by atoms with Crippen molar-refractivity contribution in [3.63, 3.8) is 0 Å². The van der Waals surface area contributed by atoms with Crippen LogP contribution in [-0.2, 0) is 14.8 Å². The summed E-state index contributed by atoms with van der Waals surface area (Å²) in [6.45, 7) is 3.03. The molecule has 2 N–H and O–H groups in total. The fourth-order valence-corrected chi connectivity index (χ4v) is 2.02. The van der Waals surface area contributed by atoms with Crippen LogP contribution in [0.25, 0.3) is 0 Å². The third kappa shape index (κ3) is 4.64. The van der Waals surface area contributed by atoms with Crippen LogP contribution in [0.3, 0.4) is 0 Å². The van der Waals surface area contributed by atoms with Gasteiger partial charge in [0.2, 0.25) is 15.9 Å². The van der Waals surface area contributed by atoms with Gasteiger partial charge in [0.1, 0.15) is 0 Å². The van der Waals surface area contributed by atoms with Gasteiger partial charge in [0.15, 0.2) is 0 Å². The first-order chi connectivity index (χ1) is 8.34. The Labute approximate surface area is 112 Å². The first kappa shape index (κ1) is 14.9. The monoisotopic (exact) mass is 290 g/mol. The lowest BCUT2D eigenvalue weighted by atomic mass is 10.2. The van der Waals surface area contributed by atoms with Gasteiger partial charge in [0, 0.05) is 10.7 Å². The topological polar surface area (TPSA) is 75.3 Å². The summed E-state index contributed by atoms with van der Waals surface area (Å²) in [5.74, 6) is -0.474. The van der Waals surface area contributed by atoms with Crippen LogP contribution in [0.4, 0.5) is 5.69 Å². The van der Waals surface area contributed by atoms with Crippen molar-refractivity contribution in [1.29, 1.82) is 0 Å². The summed E-state index contributed by atoms with van der Waals surface area (Å²) < 4.78 is 24.5. The highest BCUT2D eigenvalue weighted by Gasteiger charge is 2.10. The molecule has 1 rings (SSSR count). The first-order valence-corrected chi connectivity index (χ1v) is 7.40. The Kier molecular flexibility index (Phi) is 5.13. The zero-order valence-electron chi connectivity index (χ0n) is 10.2. The molecule has 0 aliphatic carbocycles. The molecule has 1 amide bonds. The summed E-state index contributed by atoms with van der Waals surface area (Å²) in [6.07, 6.45) is 0. The van der Waals surface area contributed by atoms with E-state index in [-0.39, 0.29) is 12.3 Å². The second-order valence-electron chi connectivity index (χ2n) is 3.73. The molecule has 18 heavy (non-hydrogen) atoms. The van der Waals surface area contributed by atoms with Crippen LogP contribution in [0.1, 0.15) is 12.5 Å². The van der Waals surface area contributed by atoms with Gasteiger partial charge in [-0.1, -0.05) is 11.6 Å². The number of aryl methyl sites for hydroxylation is 1. The molecule has 0 bridgehead atoms. The molecule has 7 heteroatoms. The third-order valence-corrected chi connectivity index (χ3v) is 3.87. The van der Waals surface area contributed by atoms with Gasteiger partial charge >= 0.3 is 0 Å². The van der Waals surface area contributed by atoms with Crippen LogP contribution in [0.15, 0.2) is 18.2 Å². The van der Waals surface area contributed by atoms with E-state index in [2.05, 4.69) is 10.0 Å². The molecule has 0 radical (unpaired) electrons. The summed E-state index contributed by atoms with van der Waals surface area (Å²) in [5, 5.41) is 3.19. The van der Waals surface area contributed by atoms with E-state index < -0.39 is 15.9 Å². The fraction of sp³-hybridized carbons (Fsp3) is 0.364. The number of hydrogen-bond acceptors (Lipinski definition) is 3. The van der Waals surface area contributed by atoms with Crippen LogP contribution in [-0.4, -0.2) is 26.6 Å². The zero-order chi connectivity index (χ0) is 13.8. The van der Waals surface area contributed by atoms with Crippen LogP contribution in [0.2, 0.25) is 5.02 Å². The number of carbonyl (C=O) groups is 1. The van der Waals surface area contributed by atoms with Gasteiger partial charge in [0.25, 0.3) is 0 Å². The average molecular weight is 291 g/mol. The van der Waals surface area contributed by atoms with Crippen molar-refractivity contribution < 1.29 is 13.2 Å². The molecular formula is C11H15ClN2O3S. The molecule has 5 nitrogen and oxygen atoms in total. The maximum atomic E-state index is 11.5. The predicted octanol–water partition coefficient (Wildman–Crippen LogP) is 1.53. The smallest absolute Gasteiger partial charge is 0.239 e. The zero-order valence-corrected chi connectivity index (χ0v) is 11.7. The normalized spacial score (nSPS) is 11.3. The summed E-state index contributed by atoms with van der Waals surface area (Å²) in [7, 11) is -3.36. The minimum Gasteiger partial charge on any atom is -0.325 e. The lowest BCUT2D eigenvalue weighted by Gasteiger charge is -2.09. The van der Waals surface area contributed by atoms with Crippen molar-refractivity contribution >= 4 is 33.2 Å². The Morgan fingerprint density at radius 3 is 2.61 bits per heavy atom. The van der Waals surface area contributed by atoms with E-state index in [0.717, 1.165) is 5.56 Å². The molecule has 0 atom stereocenters. The molecule has 1 aromatic carbocycles. The molecule has 1 aromatic rings. The predicted molar refractivity (Wildman–Crippen MR) is 72.3 cm³/mol. The fourth-order valence-electron chi connectivity index (χ4n) is 1.24. The van der Waals surface area contributed by atoms with E-state index in [1.165, 1.54) is 6.92 Å². The highest BCUT2D eigenvalue weighted by Crippen LogP contribution is 2.19. The van der Waals surface area contributed by atoms with Gasteiger partial charge in [-0.15, -0.1) is 0 Å². The molecule has 0 fully saturated rings. The molecule has 100 valence electrons. The molecule has 0 aliphatic rings. The van der Waals surface area contributed by atoms with E-state index in [0.29, 0.717) is 10.7 Å². The second-order valence-corrected chi connectivity index (χ2v) is 6.26. The van der Waals surface area contributed by atoms with Gasteiger partial charge in [-0.3, -0.25) is 4.79 Å². The molecule has 0 aromatic heterocycles. The molecule has 0 unspecified atom stereocenters. The maximum absolute atomic E-state index is 11.5. The van der Waals surface area contributed by atoms with Crippen LogP contribution in [0, 0.1) is 6.92 Å². The highest BCUT2D eigenvalue weighted by atomic mass is 35.5. The average Bonchev–Trinajstić information content (AvgIpc) is 2.30. The van der Waals surface area contributed by atoms with Gasteiger partial charge in [0.05, 0.1) is 12.3 Å². The summed E-state index contributed by atoms with van der Waals surface area (Å²) >= 11 is 5.79. The van der Waals surface area contributed by atoms with Crippen LogP contribution >= 0.6 is 11.6 Å². The SMILES string of the molecule is CCS(=O)(=O)NCC(=O)Nc1ccc(Cl)cc1C. The van der Waals surface area contributed by atoms with Crippen molar-refractivity contribution in [2.75, 3.05) is 17.6 Å². The highest BCUT2D eigenvalue weighted by molar-refractivity contribution is 7.89. The quantitative estimate of drug-likeness (QED) is 0.863. The second kappa shape index (κ2) is 6.17. The van der Waals surface area contributed by atoms with E-state index in [4.69, 9.17) is 11.6 Å². The van der Waals surface area contributed by atoms with Gasteiger partial charge < -0.3 is 5.32 Å². The number of hydrogen-bond donors (Lipinski definition) is 2. The van der Waals surface area contributed by atoms with Gasteiger partial charge in [-0.25, -0.2) is 13.1 Å². The number of halogens is 1. The molecule has 0 saturated heterocycles. The van der Waals surface area contributed by atoms with Crippen molar-refractivity contribution in [2.24, 2.45) is 0 Å². The lowest BCUT2D eigenvalue weighted by Crippen LogP contribution is -2.33. The number of benzene rings is 1. The Hall–Kier alpha value is -1.11. The lowest BCUT2D eigenvalue weighted by molar-refractivity contribution is -0.115. The number of amides is 1. The Balaban J connectivity index is 2.60. The van der Waals surface area contributed by atoms with E-state index in [1.54, 1.807) is 25.1 Å². The molecule has 0 aliphatic heterocycles. The van der Waals surface area contributed by atoms with Crippen molar-refractivity contribution in [3.8, 4) is 0 Å². The largest absolute Gasteiger partial charge is 0.325 e. The minimum atomic E-state index is -3.36. The van der Waals surface area contributed by atoms with E-state index in [1.807, 2.05) is 0 Å². The first-order valence-electron chi connectivity index (χ1n) is 5.37. The minimum absolute atomic E-state index is 0.0553. The Morgan fingerprint density at radius 1 is 1.39 bits per heavy atom. The standard InChI is InChI=1S/C11H15ClN2O3S/c1-3-18(16,17)13-7-11(15)14-10-5-4-9(12)6-8(10)2/h4-6,13H,3,7H2,1-2H3,(H,14,15). The Bertz CT molecular complexity index is 543. The Morgan fingerprint density at radius 2 is 2.06 bits per heavy atom. The summed E-state index contributed by atoms with van der Waals surface area (Å²) in [4.78, 5) is 11.5. The molecule has 0 heterocycles. The number of sulfonamides is 1. The van der Waals surface area contributed by atoms with E-state index >= 15 is 0 Å². The van der Waals surface area contributed by atoms with Crippen molar-refractivity contribution in [1.82, 2.24) is 4.72 Å². The summed E-state index contributed by atoms with van der Waals surface area (Å²) in [5.41, 5.74) is 1.43. The molecule has 0 spiro atoms. The molecular weight excluding hydrogens is 276 g/mol. The van der Waals surface area contributed by atoms with Crippen LogP contribution < -0.4 is 10.0 Å². The van der Waals surface area contributed by atoms with Crippen LogP contribution in [0.5, 0.6) is 0 Å². The molecule has 0 saturated carbocycles. The number of rotatable bonds is 5. The third-order valence-electron chi connectivity index (χ3n) is 2.30. The van der Waals surface area contributed by atoms with Crippen molar-refractivity contribution in [2.45, 2.75) is 13.8 Å². The van der Waals surface area contributed by atoms with E-state index in [9.17, 15) is 13.2 Å². The van der Waals surface area contributed by atoms with Gasteiger partial charge in [-0.05, 0) is 37.6 Å². The van der Waals surface area contributed by atoms with Gasteiger partial charge in [-0.2, -0.15) is 0 Å². The number of anilines is 1. The number of nitrogens with one attached hydrogen (secondary N) is 2. The van der Waals surface area contributed by atoms with Crippen molar-refractivity contribution in [3.05, 3.63) is 28.8 Å². The summed E-state index contributed by atoms with van der Waals surface area (Å²) in [6, 6.07) is 5.04. The maximum Gasteiger partial charge on any atom is 0.239 e.